The molecule has 1 aromatic heterocycles. The van der Waals surface area contributed by atoms with Crippen molar-refractivity contribution in [1.82, 2.24) is 9.55 Å². The predicted molar refractivity (Wildman–Crippen MR) is 104 cm³/mol. The molecule has 0 unspecified atom stereocenters. The van der Waals surface area contributed by atoms with Crippen LogP contribution >= 0.6 is 0 Å². The summed E-state index contributed by atoms with van der Waals surface area (Å²) >= 11 is 0. The molecule has 1 heterocycles. The first kappa shape index (κ1) is 22.3. The summed E-state index contributed by atoms with van der Waals surface area (Å²) in [7, 11) is 0. The zero-order valence-corrected chi connectivity index (χ0v) is 16.2. The summed E-state index contributed by atoms with van der Waals surface area (Å²) in [6, 6.07) is 3.71. The molecule has 0 aliphatic heterocycles. The molecule has 29 heavy (non-hydrogen) atoms. The first-order chi connectivity index (χ1) is 13.6. The second kappa shape index (κ2) is 8.97. The van der Waals surface area contributed by atoms with Crippen LogP contribution < -0.4 is 21.9 Å². The van der Waals surface area contributed by atoms with Crippen LogP contribution in [0.4, 0.5) is 24.7 Å². The highest BCUT2D eigenvalue weighted by molar-refractivity contribution is 6.07. The number of alkyl halides is 3. The molecule has 0 saturated carbocycles. The Balaban J connectivity index is 2.55. The fourth-order valence-corrected chi connectivity index (χ4v) is 2.87. The number of carbonyl (C=O) groups is 1. The Hall–Kier alpha value is -3.04. The van der Waals surface area contributed by atoms with Gasteiger partial charge in [0.05, 0.1) is 5.56 Å². The molecule has 7 nitrogen and oxygen atoms in total. The first-order valence-corrected chi connectivity index (χ1v) is 9.23. The highest BCUT2D eigenvalue weighted by Crippen LogP contribution is 2.29. The average Bonchev–Trinajstić information content (AvgIpc) is 2.66. The molecule has 1 amide bonds. The predicted octanol–water partition coefficient (Wildman–Crippen LogP) is 2.99. The molecule has 0 aliphatic carbocycles. The van der Waals surface area contributed by atoms with E-state index in [1.807, 2.05) is 13.8 Å². The number of anilines is 2. The van der Waals surface area contributed by atoms with Crippen molar-refractivity contribution in [3.63, 3.8) is 0 Å². The zero-order chi connectivity index (χ0) is 21.8. The van der Waals surface area contributed by atoms with Crippen molar-refractivity contribution in [2.75, 3.05) is 17.2 Å². The summed E-state index contributed by atoms with van der Waals surface area (Å²) in [4.78, 5) is 40.8. The van der Waals surface area contributed by atoms with Crippen LogP contribution in [-0.2, 0) is 12.7 Å². The summed E-state index contributed by atoms with van der Waals surface area (Å²) in [5, 5.41) is 0. The molecule has 0 aliphatic rings. The molecule has 3 N–H and O–H groups in total. The number of carbonyl (C=O) groups excluding carboxylic acids is 1. The molecule has 158 valence electrons. The Kier molecular flexibility index (Phi) is 6.89. The minimum Gasteiger partial charge on any atom is -0.383 e. The van der Waals surface area contributed by atoms with Gasteiger partial charge in [0.2, 0.25) is 0 Å². The van der Waals surface area contributed by atoms with Crippen molar-refractivity contribution in [3.8, 4) is 0 Å². The SMILES string of the molecule is CCCCN(C(=O)c1ccc(C(F)(F)F)cc1)c1c(N)n(CCC)c(=O)[nH]c1=O. The standard InChI is InChI=1S/C19H23F3N4O3/c1-3-5-11-25(14-15(23)26(10-4-2)18(29)24-16(14)27)17(28)12-6-8-13(9-7-12)19(20,21)22/h6-9H,3-5,10-11,23H2,1-2H3,(H,24,27,29). The number of nitrogens with one attached hydrogen (secondary N) is 1. The van der Waals surface area contributed by atoms with E-state index in [9.17, 15) is 27.6 Å². The average molecular weight is 412 g/mol. The molecule has 0 saturated heterocycles. The van der Waals surface area contributed by atoms with Crippen LogP contribution in [0.25, 0.3) is 0 Å². The number of H-pyrrole nitrogens is 1. The van der Waals surface area contributed by atoms with Crippen LogP contribution in [-0.4, -0.2) is 22.0 Å². The van der Waals surface area contributed by atoms with Gasteiger partial charge in [-0.05, 0) is 37.1 Å². The second-order valence-electron chi connectivity index (χ2n) is 6.53. The topological polar surface area (TPSA) is 101 Å². The van der Waals surface area contributed by atoms with Crippen molar-refractivity contribution < 1.29 is 18.0 Å². The van der Waals surface area contributed by atoms with E-state index in [-0.39, 0.29) is 30.2 Å². The number of aromatic amines is 1. The van der Waals surface area contributed by atoms with E-state index in [1.165, 1.54) is 0 Å². The van der Waals surface area contributed by atoms with Gasteiger partial charge in [-0.15, -0.1) is 0 Å². The molecule has 10 heteroatoms. The molecule has 1 aromatic carbocycles. The van der Waals surface area contributed by atoms with Gasteiger partial charge in [-0.2, -0.15) is 13.2 Å². The van der Waals surface area contributed by atoms with Gasteiger partial charge >= 0.3 is 11.9 Å². The molecule has 0 bridgehead atoms. The van der Waals surface area contributed by atoms with Crippen molar-refractivity contribution in [2.24, 2.45) is 0 Å². The number of nitrogens with two attached hydrogens (primary N) is 1. The molecular formula is C19H23F3N4O3. The van der Waals surface area contributed by atoms with Crippen LogP contribution in [0.1, 0.15) is 49.0 Å². The number of nitrogens with zero attached hydrogens (tertiary/aromatic N) is 2. The third kappa shape index (κ3) is 4.87. The number of unbranched alkanes of at least 4 members (excludes halogenated alkanes) is 1. The summed E-state index contributed by atoms with van der Waals surface area (Å²) in [6.07, 6.45) is -2.74. The molecule has 0 radical (unpaired) electrons. The molecule has 0 spiro atoms. The minimum absolute atomic E-state index is 0.0267. The number of aromatic nitrogens is 2. The number of halogens is 3. The summed E-state index contributed by atoms with van der Waals surface area (Å²) in [6.45, 7) is 4.06. The van der Waals surface area contributed by atoms with E-state index in [1.54, 1.807) is 0 Å². The number of nitrogen functional groups attached to an aromatic ring is 1. The van der Waals surface area contributed by atoms with Gasteiger partial charge in [-0.1, -0.05) is 20.3 Å². The van der Waals surface area contributed by atoms with Crippen molar-refractivity contribution >= 4 is 17.4 Å². The Morgan fingerprint density at radius 2 is 1.76 bits per heavy atom. The molecule has 2 aromatic rings. The third-order valence-corrected chi connectivity index (χ3v) is 4.37. The number of hydrogen-bond donors (Lipinski definition) is 2. The lowest BCUT2D eigenvalue weighted by Crippen LogP contribution is -2.41. The monoisotopic (exact) mass is 412 g/mol. The maximum atomic E-state index is 13.0. The number of rotatable bonds is 7. The maximum absolute atomic E-state index is 13.0. The quantitative estimate of drug-likeness (QED) is 0.730. The highest BCUT2D eigenvalue weighted by Gasteiger charge is 2.31. The van der Waals surface area contributed by atoms with E-state index in [0.29, 0.717) is 19.3 Å². The van der Waals surface area contributed by atoms with Gasteiger partial charge in [0.1, 0.15) is 5.82 Å². The van der Waals surface area contributed by atoms with E-state index in [2.05, 4.69) is 4.98 Å². The lowest BCUT2D eigenvalue weighted by atomic mass is 10.1. The van der Waals surface area contributed by atoms with Crippen molar-refractivity contribution in [2.45, 2.75) is 45.8 Å². The number of hydrogen-bond acceptors (Lipinski definition) is 4. The summed E-state index contributed by atoms with van der Waals surface area (Å²) < 4.78 is 39.5. The Morgan fingerprint density at radius 1 is 1.14 bits per heavy atom. The van der Waals surface area contributed by atoms with Crippen LogP contribution in [0.3, 0.4) is 0 Å². The lowest BCUT2D eigenvalue weighted by molar-refractivity contribution is -0.137. The molecule has 0 fully saturated rings. The normalized spacial score (nSPS) is 11.5. The molecular weight excluding hydrogens is 389 g/mol. The van der Waals surface area contributed by atoms with Gasteiger partial charge in [-0.25, -0.2) is 4.79 Å². The van der Waals surface area contributed by atoms with Crippen molar-refractivity contribution in [1.29, 1.82) is 0 Å². The van der Waals surface area contributed by atoms with Crippen LogP contribution in [0.15, 0.2) is 33.9 Å². The second-order valence-corrected chi connectivity index (χ2v) is 6.53. The van der Waals surface area contributed by atoms with Gasteiger partial charge in [0.25, 0.3) is 11.5 Å². The Bertz CT molecular complexity index is 978. The maximum Gasteiger partial charge on any atom is 0.416 e. The van der Waals surface area contributed by atoms with Gasteiger partial charge < -0.3 is 10.6 Å². The van der Waals surface area contributed by atoms with E-state index in [4.69, 9.17) is 5.73 Å². The Morgan fingerprint density at radius 3 is 2.28 bits per heavy atom. The van der Waals surface area contributed by atoms with Crippen LogP contribution in [0, 0.1) is 0 Å². The number of amides is 1. The zero-order valence-electron chi connectivity index (χ0n) is 16.2. The van der Waals surface area contributed by atoms with Gasteiger partial charge in [0, 0.05) is 18.7 Å². The van der Waals surface area contributed by atoms with Gasteiger partial charge in [-0.3, -0.25) is 19.1 Å². The first-order valence-electron chi connectivity index (χ1n) is 9.23. The van der Waals surface area contributed by atoms with Crippen LogP contribution in [0.5, 0.6) is 0 Å². The molecule has 2 rings (SSSR count). The van der Waals surface area contributed by atoms with Gasteiger partial charge in [0.15, 0.2) is 5.69 Å². The van der Waals surface area contributed by atoms with E-state index < -0.39 is 28.9 Å². The van der Waals surface area contributed by atoms with Crippen molar-refractivity contribution in [3.05, 3.63) is 56.2 Å². The summed E-state index contributed by atoms with van der Waals surface area (Å²) in [5.74, 6) is -0.831. The smallest absolute Gasteiger partial charge is 0.383 e. The lowest BCUT2D eigenvalue weighted by Gasteiger charge is -2.24. The minimum atomic E-state index is -4.53. The van der Waals surface area contributed by atoms with E-state index in [0.717, 1.165) is 33.7 Å². The highest BCUT2D eigenvalue weighted by atomic mass is 19.4. The number of benzene rings is 1. The van der Waals surface area contributed by atoms with Crippen LogP contribution in [0.2, 0.25) is 0 Å². The largest absolute Gasteiger partial charge is 0.416 e. The fourth-order valence-electron chi connectivity index (χ4n) is 2.87. The summed E-state index contributed by atoms with van der Waals surface area (Å²) in [5.41, 5.74) is 3.44. The Labute approximate surface area is 165 Å². The molecule has 0 atom stereocenters. The van der Waals surface area contributed by atoms with E-state index >= 15 is 0 Å². The third-order valence-electron chi connectivity index (χ3n) is 4.37. The fraction of sp³-hybridized carbons (Fsp3) is 0.421.